The summed E-state index contributed by atoms with van der Waals surface area (Å²) in [5, 5.41) is 13.2. The molecule has 0 aromatic heterocycles. The maximum absolute atomic E-state index is 12.5. The molecule has 0 atom stereocenters. The Morgan fingerprint density at radius 2 is 1.88 bits per heavy atom. The molecule has 0 unspecified atom stereocenters. The standard InChI is InChI=1S/C21H16N4O6S2/c1-30-16-11-12(8-9-15(16)31-19(27)13-6-4-3-5-7-13)10-14-17(22)25-20(23-18(14)26)32-21(24-25)33(2,28)29/h3-11,22H,1-2H3/b14-10+,22-17?. The zero-order chi connectivity index (χ0) is 23.8. The van der Waals surface area contributed by atoms with Gasteiger partial charge in [-0.2, -0.15) is 10.0 Å². The molecule has 10 nitrogen and oxygen atoms in total. The number of rotatable bonds is 4. The van der Waals surface area contributed by atoms with Crippen LogP contribution in [0.25, 0.3) is 6.08 Å². The first-order chi connectivity index (χ1) is 15.7. The Hall–Kier alpha value is -3.77. The van der Waals surface area contributed by atoms with Gasteiger partial charge in [-0.25, -0.2) is 13.2 Å². The third kappa shape index (κ3) is 4.56. The summed E-state index contributed by atoms with van der Waals surface area (Å²) in [6, 6.07) is 13.1. The van der Waals surface area contributed by atoms with E-state index in [1.54, 1.807) is 36.4 Å². The highest BCUT2D eigenvalue weighted by Gasteiger charge is 2.38. The van der Waals surface area contributed by atoms with Crippen molar-refractivity contribution < 1.29 is 27.5 Å². The summed E-state index contributed by atoms with van der Waals surface area (Å²) < 4.78 is 34.0. The van der Waals surface area contributed by atoms with E-state index in [1.165, 1.54) is 25.3 Å². The fourth-order valence-electron chi connectivity index (χ4n) is 2.88. The number of nitrogens with one attached hydrogen (secondary N) is 1. The van der Waals surface area contributed by atoms with Crippen molar-refractivity contribution in [1.29, 1.82) is 5.41 Å². The average Bonchev–Trinajstić information content (AvgIpc) is 3.23. The van der Waals surface area contributed by atoms with Crippen LogP contribution in [0.4, 0.5) is 0 Å². The van der Waals surface area contributed by atoms with Gasteiger partial charge in [0, 0.05) is 6.26 Å². The van der Waals surface area contributed by atoms with E-state index in [-0.39, 0.29) is 32.5 Å². The molecular formula is C21H16N4O6S2. The van der Waals surface area contributed by atoms with Gasteiger partial charge in [0.25, 0.3) is 5.91 Å². The Balaban J connectivity index is 1.62. The number of ether oxygens (including phenoxy) is 2. The SMILES string of the molecule is COc1cc(/C=C2\C(=N)N3N=C(S(C)(=O)=O)SC3=NC2=O)ccc1OC(=O)c1ccccc1. The maximum atomic E-state index is 12.5. The van der Waals surface area contributed by atoms with Crippen LogP contribution in [0, 0.1) is 5.41 Å². The zero-order valence-corrected chi connectivity index (χ0v) is 18.9. The number of sulfone groups is 1. The molecule has 0 bridgehead atoms. The van der Waals surface area contributed by atoms with Crippen LogP contribution in [0.1, 0.15) is 15.9 Å². The van der Waals surface area contributed by atoms with E-state index < -0.39 is 21.7 Å². The topological polar surface area (TPSA) is 139 Å². The van der Waals surface area contributed by atoms with Crippen molar-refractivity contribution in [2.75, 3.05) is 13.4 Å². The monoisotopic (exact) mass is 484 g/mol. The number of hydrogen-bond acceptors (Lipinski definition) is 9. The number of benzene rings is 2. The Labute approximate surface area is 193 Å². The molecule has 0 aliphatic carbocycles. The van der Waals surface area contributed by atoms with Crippen molar-refractivity contribution in [3.8, 4) is 11.5 Å². The predicted molar refractivity (Wildman–Crippen MR) is 124 cm³/mol. The second kappa shape index (κ2) is 8.64. The summed E-state index contributed by atoms with van der Waals surface area (Å²) in [5.41, 5.74) is 0.754. The van der Waals surface area contributed by atoms with Gasteiger partial charge in [0.1, 0.15) is 0 Å². The first-order valence-electron chi connectivity index (χ1n) is 9.33. The number of fused-ring (bicyclic) bond motifs is 1. The average molecular weight is 485 g/mol. The van der Waals surface area contributed by atoms with Crippen LogP contribution in [0.15, 0.2) is 64.2 Å². The minimum atomic E-state index is -3.62. The van der Waals surface area contributed by atoms with Gasteiger partial charge in [0.05, 0.1) is 18.2 Å². The summed E-state index contributed by atoms with van der Waals surface area (Å²) in [6.45, 7) is 0. The number of hydrazone groups is 1. The number of methoxy groups -OCH3 is 1. The number of carbonyl (C=O) groups excluding carboxylic acids is 2. The van der Waals surface area contributed by atoms with Gasteiger partial charge in [0.2, 0.25) is 19.4 Å². The lowest BCUT2D eigenvalue weighted by atomic mass is 10.1. The van der Waals surface area contributed by atoms with E-state index in [1.807, 2.05) is 0 Å². The molecule has 4 rings (SSSR count). The highest BCUT2D eigenvalue weighted by molar-refractivity contribution is 8.42. The quantitative estimate of drug-likeness (QED) is 0.397. The minimum Gasteiger partial charge on any atom is -0.493 e. The Morgan fingerprint density at radius 3 is 2.55 bits per heavy atom. The van der Waals surface area contributed by atoms with E-state index in [2.05, 4.69) is 10.1 Å². The van der Waals surface area contributed by atoms with Crippen molar-refractivity contribution in [2.45, 2.75) is 0 Å². The fourth-order valence-corrected chi connectivity index (χ4v) is 4.57. The highest BCUT2D eigenvalue weighted by atomic mass is 32.3. The molecule has 0 saturated heterocycles. The molecule has 0 radical (unpaired) electrons. The van der Waals surface area contributed by atoms with Crippen LogP contribution in [-0.4, -0.2) is 54.0 Å². The predicted octanol–water partition coefficient (Wildman–Crippen LogP) is 2.54. The molecule has 2 aliphatic heterocycles. The fraction of sp³-hybridized carbons (Fsp3) is 0.0952. The zero-order valence-electron chi connectivity index (χ0n) is 17.3. The van der Waals surface area contributed by atoms with Crippen molar-refractivity contribution in [3.63, 3.8) is 0 Å². The van der Waals surface area contributed by atoms with E-state index >= 15 is 0 Å². The molecule has 12 heteroatoms. The number of amides is 1. The van der Waals surface area contributed by atoms with Crippen LogP contribution in [-0.2, 0) is 14.6 Å². The number of esters is 1. The van der Waals surface area contributed by atoms with Crippen molar-refractivity contribution >= 4 is 54.9 Å². The molecule has 1 amide bonds. The molecule has 2 aliphatic rings. The third-order valence-electron chi connectivity index (χ3n) is 4.46. The minimum absolute atomic E-state index is 0.00308. The van der Waals surface area contributed by atoms with Crippen molar-refractivity contribution in [3.05, 3.63) is 65.2 Å². The molecule has 2 heterocycles. The van der Waals surface area contributed by atoms with Gasteiger partial charge in [-0.3, -0.25) is 10.2 Å². The summed E-state index contributed by atoms with van der Waals surface area (Å²) in [5.74, 6) is -1.16. The molecule has 168 valence electrons. The highest BCUT2D eigenvalue weighted by Crippen LogP contribution is 2.32. The second-order valence-electron chi connectivity index (χ2n) is 6.82. The number of amidine groups is 2. The summed E-state index contributed by atoms with van der Waals surface area (Å²) in [7, 11) is -2.21. The van der Waals surface area contributed by atoms with Gasteiger partial charge >= 0.3 is 5.97 Å². The molecule has 33 heavy (non-hydrogen) atoms. The van der Waals surface area contributed by atoms with Crippen molar-refractivity contribution in [2.24, 2.45) is 10.1 Å². The molecule has 0 spiro atoms. The lowest BCUT2D eigenvalue weighted by Crippen LogP contribution is -2.35. The lowest BCUT2D eigenvalue weighted by molar-refractivity contribution is -0.114. The number of aliphatic imine (C=N–C) groups is 1. The Kier molecular flexibility index (Phi) is 5.87. The van der Waals surface area contributed by atoms with Gasteiger partial charge in [-0.15, -0.1) is 5.10 Å². The van der Waals surface area contributed by atoms with Gasteiger partial charge in [-0.05, 0) is 47.7 Å². The van der Waals surface area contributed by atoms with E-state index in [0.29, 0.717) is 22.9 Å². The summed E-state index contributed by atoms with van der Waals surface area (Å²) in [6.07, 6.45) is 2.38. The number of nitrogens with zero attached hydrogens (tertiary/aromatic N) is 3. The van der Waals surface area contributed by atoms with Crippen LogP contribution >= 0.6 is 11.8 Å². The number of hydrogen-bond donors (Lipinski definition) is 1. The van der Waals surface area contributed by atoms with Crippen LogP contribution in [0.5, 0.6) is 11.5 Å². The van der Waals surface area contributed by atoms with E-state index in [0.717, 1.165) is 11.3 Å². The van der Waals surface area contributed by atoms with E-state index in [4.69, 9.17) is 14.9 Å². The number of carbonyl (C=O) groups is 2. The number of thioether (sulfide) groups is 1. The Morgan fingerprint density at radius 1 is 1.15 bits per heavy atom. The first-order valence-corrected chi connectivity index (χ1v) is 12.0. The largest absolute Gasteiger partial charge is 0.493 e. The van der Waals surface area contributed by atoms with Crippen LogP contribution < -0.4 is 9.47 Å². The lowest BCUT2D eigenvalue weighted by Gasteiger charge is -2.20. The molecule has 2 aromatic carbocycles. The van der Waals surface area contributed by atoms with Gasteiger partial charge in [0.15, 0.2) is 17.3 Å². The molecule has 0 fully saturated rings. The van der Waals surface area contributed by atoms with Crippen LogP contribution in [0.2, 0.25) is 0 Å². The smallest absolute Gasteiger partial charge is 0.343 e. The van der Waals surface area contributed by atoms with E-state index in [9.17, 15) is 18.0 Å². The second-order valence-corrected chi connectivity index (χ2v) is 9.97. The van der Waals surface area contributed by atoms with Gasteiger partial charge in [-0.1, -0.05) is 24.3 Å². The van der Waals surface area contributed by atoms with Gasteiger partial charge < -0.3 is 9.47 Å². The summed E-state index contributed by atoms with van der Waals surface area (Å²) in [4.78, 5) is 28.7. The van der Waals surface area contributed by atoms with Crippen LogP contribution in [0.3, 0.4) is 0 Å². The summed E-state index contributed by atoms with van der Waals surface area (Å²) >= 11 is 0.710. The molecular weight excluding hydrogens is 468 g/mol. The molecule has 0 saturated carbocycles. The third-order valence-corrected chi connectivity index (χ3v) is 7.04. The first kappa shape index (κ1) is 22.4. The van der Waals surface area contributed by atoms with Crippen molar-refractivity contribution in [1.82, 2.24) is 5.01 Å². The molecule has 1 N–H and O–H groups in total. The molecule has 2 aromatic rings. The normalized spacial score (nSPS) is 16.9. The Bertz CT molecular complexity index is 1380. The maximum Gasteiger partial charge on any atom is 0.343 e.